The number of ether oxygens (including phenoxy) is 2. The molecule has 1 aromatic rings. The summed E-state index contributed by atoms with van der Waals surface area (Å²) < 4.78 is 10.5. The minimum Gasteiger partial charge on any atom is -0.383 e. The monoisotopic (exact) mass is 301 g/mol. The first-order chi connectivity index (χ1) is 9.72. The fourth-order valence-electron chi connectivity index (χ4n) is 1.95. The molecular formula is C12H20ClN5O2. The molecule has 1 aromatic heterocycles. The average Bonchev–Trinajstić information content (AvgIpc) is 2.47. The number of hydrogen-bond acceptors (Lipinski definition) is 7. The quantitative estimate of drug-likeness (QED) is 0.846. The highest BCUT2D eigenvalue weighted by Crippen LogP contribution is 2.16. The molecule has 0 bridgehead atoms. The fourth-order valence-corrected chi connectivity index (χ4v) is 2.11. The van der Waals surface area contributed by atoms with Gasteiger partial charge in [-0.25, -0.2) is 0 Å². The average molecular weight is 302 g/mol. The van der Waals surface area contributed by atoms with Crippen LogP contribution in [0.2, 0.25) is 5.28 Å². The van der Waals surface area contributed by atoms with E-state index in [2.05, 4.69) is 27.2 Å². The van der Waals surface area contributed by atoms with Gasteiger partial charge in [-0.15, -0.1) is 0 Å². The lowest BCUT2D eigenvalue weighted by Gasteiger charge is -2.27. The van der Waals surface area contributed by atoms with Crippen LogP contribution < -0.4 is 10.2 Å². The van der Waals surface area contributed by atoms with Crippen molar-refractivity contribution < 1.29 is 9.47 Å². The molecule has 1 aliphatic rings. The smallest absolute Gasteiger partial charge is 0.231 e. The number of nitrogens with one attached hydrogen (secondary N) is 1. The summed E-state index contributed by atoms with van der Waals surface area (Å²) >= 11 is 5.98. The number of anilines is 2. The van der Waals surface area contributed by atoms with Gasteiger partial charge in [-0.3, -0.25) is 0 Å². The van der Waals surface area contributed by atoms with Gasteiger partial charge in [0.05, 0.1) is 25.9 Å². The van der Waals surface area contributed by atoms with E-state index in [1.54, 1.807) is 7.11 Å². The van der Waals surface area contributed by atoms with E-state index in [0.29, 0.717) is 31.7 Å². The van der Waals surface area contributed by atoms with Crippen molar-refractivity contribution in [3.63, 3.8) is 0 Å². The van der Waals surface area contributed by atoms with E-state index < -0.39 is 0 Å². The van der Waals surface area contributed by atoms with Crippen LogP contribution in [0.15, 0.2) is 0 Å². The van der Waals surface area contributed by atoms with Crippen LogP contribution in [0, 0.1) is 0 Å². The third kappa shape index (κ3) is 4.16. The van der Waals surface area contributed by atoms with Crippen molar-refractivity contribution in [2.24, 2.45) is 0 Å². The highest BCUT2D eigenvalue weighted by Gasteiger charge is 2.17. The summed E-state index contributed by atoms with van der Waals surface area (Å²) in [5, 5.41) is 3.41. The van der Waals surface area contributed by atoms with E-state index in [0.717, 1.165) is 19.5 Å². The lowest BCUT2D eigenvalue weighted by atomic mass is 10.2. The Kier molecular flexibility index (Phi) is 5.75. The number of hydrogen-bond donors (Lipinski definition) is 1. The Morgan fingerprint density at radius 1 is 1.35 bits per heavy atom. The Bertz CT molecular complexity index is 428. The molecule has 1 unspecified atom stereocenters. The summed E-state index contributed by atoms with van der Waals surface area (Å²) in [4.78, 5) is 14.8. The van der Waals surface area contributed by atoms with Crippen LogP contribution in [-0.2, 0) is 9.47 Å². The Hall–Kier alpha value is -1.18. The zero-order valence-corrected chi connectivity index (χ0v) is 12.6. The Labute approximate surface area is 123 Å². The standard InChI is InChI=1S/C12H20ClN5O2/c1-3-9(8-19-2)14-11-15-10(13)16-12(17-11)18-4-6-20-7-5-18/h9H,3-8H2,1-2H3,(H,14,15,16,17). The van der Waals surface area contributed by atoms with Gasteiger partial charge in [-0.05, 0) is 18.0 Å². The molecular weight excluding hydrogens is 282 g/mol. The van der Waals surface area contributed by atoms with Crippen molar-refractivity contribution in [1.29, 1.82) is 0 Å². The molecule has 2 heterocycles. The molecule has 0 aromatic carbocycles. The van der Waals surface area contributed by atoms with E-state index in [1.807, 2.05) is 4.90 Å². The molecule has 112 valence electrons. The minimum atomic E-state index is 0.149. The number of halogens is 1. The molecule has 0 saturated carbocycles. The number of methoxy groups -OCH3 is 1. The van der Waals surface area contributed by atoms with E-state index in [-0.39, 0.29) is 11.3 Å². The summed E-state index contributed by atoms with van der Waals surface area (Å²) in [6.45, 7) is 5.53. The maximum absolute atomic E-state index is 5.98. The van der Waals surface area contributed by atoms with Crippen molar-refractivity contribution >= 4 is 23.5 Å². The summed E-state index contributed by atoms with van der Waals surface area (Å²) in [6, 6.07) is 0.149. The van der Waals surface area contributed by atoms with Gasteiger partial charge in [0, 0.05) is 20.2 Å². The molecule has 0 radical (unpaired) electrons. The minimum absolute atomic E-state index is 0.149. The molecule has 1 saturated heterocycles. The maximum atomic E-state index is 5.98. The van der Waals surface area contributed by atoms with Crippen LogP contribution in [0.4, 0.5) is 11.9 Å². The first-order valence-corrected chi connectivity index (χ1v) is 7.10. The maximum Gasteiger partial charge on any atom is 0.231 e. The Morgan fingerprint density at radius 3 is 2.75 bits per heavy atom. The van der Waals surface area contributed by atoms with Gasteiger partial charge < -0.3 is 19.7 Å². The second-order valence-electron chi connectivity index (χ2n) is 4.53. The van der Waals surface area contributed by atoms with Crippen LogP contribution in [0.25, 0.3) is 0 Å². The summed E-state index contributed by atoms with van der Waals surface area (Å²) in [6.07, 6.45) is 0.907. The highest BCUT2D eigenvalue weighted by atomic mass is 35.5. The molecule has 1 atom stereocenters. The van der Waals surface area contributed by atoms with E-state index in [4.69, 9.17) is 21.1 Å². The van der Waals surface area contributed by atoms with Crippen molar-refractivity contribution in [1.82, 2.24) is 15.0 Å². The lowest BCUT2D eigenvalue weighted by Crippen LogP contribution is -2.37. The number of aromatic nitrogens is 3. The predicted molar refractivity (Wildman–Crippen MR) is 77.4 cm³/mol. The summed E-state index contributed by atoms with van der Waals surface area (Å²) in [5.41, 5.74) is 0. The number of nitrogens with zero attached hydrogens (tertiary/aromatic N) is 4. The first kappa shape index (κ1) is 15.2. The molecule has 1 N–H and O–H groups in total. The molecule has 0 spiro atoms. The molecule has 20 heavy (non-hydrogen) atoms. The normalized spacial score (nSPS) is 17.1. The third-order valence-corrected chi connectivity index (χ3v) is 3.25. The molecule has 7 nitrogen and oxygen atoms in total. The zero-order valence-electron chi connectivity index (χ0n) is 11.8. The van der Waals surface area contributed by atoms with E-state index in [1.165, 1.54) is 0 Å². The van der Waals surface area contributed by atoms with Crippen LogP contribution in [-0.4, -0.2) is 61.0 Å². The molecule has 2 rings (SSSR count). The van der Waals surface area contributed by atoms with Crippen LogP contribution in [0.5, 0.6) is 0 Å². The van der Waals surface area contributed by atoms with Gasteiger partial charge in [0.15, 0.2) is 0 Å². The molecule has 1 fully saturated rings. The van der Waals surface area contributed by atoms with Crippen LogP contribution in [0.1, 0.15) is 13.3 Å². The second-order valence-corrected chi connectivity index (χ2v) is 4.87. The topological polar surface area (TPSA) is 72.4 Å². The first-order valence-electron chi connectivity index (χ1n) is 6.72. The lowest BCUT2D eigenvalue weighted by molar-refractivity contribution is 0.122. The second kappa shape index (κ2) is 7.56. The van der Waals surface area contributed by atoms with E-state index >= 15 is 0 Å². The molecule has 0 amide bonds. The molecule has 8 heteroatoms. The van der Waals surface area contributed by atoms with Gasteiger partial charge in [0.25, 0.3) is 0 Å². The number of morpholine rings is 1. The Morgan fingerprint density at radius 2 is 2.10 bits per heavy atom. The van der Waals surface area contributed by atoms with E-state index in [9.17, 15) is 0 Å². The molecule has 0 aliphatic carbocycles. The third-order valence-electron chi connectivity index (χ3n) is 3.08. The Balaban J connectivity index is 2.10. The predicted octanol–water partition coefficient (Wildman–Crippen LogP) is 1.20. The van der Waals surface area contributed by atoms with Gasteiger partial charge >= 0.3 is 0 Å². The van der Waals surface area contributed by atoms with Gasteiger partial charge in [-0.1, -0.05) is 6.92 Å². The van der Waals surface area contributed by atoms with Crippen LogP contribution in [0.3, 0.4) is 0 Å². The largest absolute Gasteiger partial charge is 0.383 e. The molecule has 1 aliphatic heterocycles. The van der Waals surface area contributed by atoms with Gasteiger partial charge in [-0.2, -0.15) is 15.0 Å². The fraction of sp³-hybridized carbons (Fsp3) is 0.750. The van der Waals surface area contributed by atoms with Crippen molar-refractivity contribution in [2.75, 3.05) is 50.2 Å². The highest BCUT2D eigenvalue weighted by molar-refractivity contribution is 6.28. The SMILES string of the molecule is CCC(COC)Nc1nc(Cl)nc(N2CCOCC2)n1. The van der Waals surface area contributed by atoms with Gasteiger partial charge in [0.1, 0.15) is 0 Å². The van der Waals surface area contributed by atoms with Crippen molar-refractivity contribution in [3.05, 3.63) is 5.28 Å². The summed E-state index contributed by atoms with van der Waals surface area (Å²) in [7, 11) is 1.67. The number of rotatable bonds is 6. The van der Waals surface area contributed by atoms with Crippen molar-refractivity contribution in [2.45, 2.75) is 19.4 Å². The van der Waals surface area contributed by atoms with Crippen molar-refractivity contribution in [3.8, 4) is 0 Å². The summed E-state index contributed by atoms with van der Waals surface area (Å²) in [5.74, 6) is 1.07. The van der Waals surface area contributed by atoms with Gasteiger partial charge in [0.2, 0.25) is 17.2 Å². The zero-order chi connectivity index (χ0) is 14.4. The van der Waals surface area contributed by atoms with Crippen LogP contribution >= 0.6 is 11.6 Å².